The fraction of sp³-hybridized carbons (Fsp3) is 0.647. The Balaban J connectivity index is 2.73. The Kier molecular flexibility index (Phi) is 7.82. The zero-order valence-corrected chi connectivity index (χ0v) is 13.5. The summed E-state index contributed by atoms with van der Waals surface area (Å²) in [4.78, 5) is 0. The largest absolute Gasteiger partial charge is 0.491 e. The third-order valence-electron chi connectivity index (χ3n) is 3.74. The first-order valence-corrected chi connectivity index (χ1v) is 7.97. The van der Waals surface area contributed by atoms with E-state index < -0.39 is 17.8 Å². The number of hydrogen-bond acceptors (Lipinski definition) is 5. The Morgan fingerprint density at radius 1 is 1.18 bits per heavy atom. The molecule has 0 bridgehead atoms. The molecule has 0 aromatic heterocycles. The molecule has 2 atom stereocenters. The first-order chi connectivity index (χ1) is 10.5. The van der Waals surface area contributed by atoms with Crippen LogP contribution in [0, 0.1) is 0 Å². The van der Waals surface area contributed by atoms with Gasteiger partial charge in [0, 0.05) is 6.54 Å². The molecule has 5 N–H and O–H groups in total. The lowest BCUT2D eigenvalue weighted by molar-refractivity contribution is -0.0204. The smallest absolute Gasteiger partial charge is 0.119 e. The molecule has 1 rings (SSSR count). The third kappa shape index (κ3) is 5.57. The lowest BCUT2D eigenvalue weighted by Crippen LogP contribution is -2.35. The van der Waals surface area contributed by atoms with Crippen molar-refractivity contribution in [1.82, 2.24) is 0 Å². The van der Waals surface area contributed by atoms with Crippen molar-refractivity contribution in [3.63, 3.8) is 0 Å². The summed E-state index contributed by atoms with van der Waals surface area (Å²) in [6.07, 6.45) is 1.11. The van der Waals surface area contributed by atoms with E-state index in [-0.39, 0.29) is 13.2 Å². The van der Waals surface area contributed by atoms with E-state index in [1.165, 1.54) is 0 Å². The highest BCUT2D eigenvalue weighted by molar-refractivity contribution is 5.30. The molecule has 0 heterocycles. The van der Waals surface area contributed by atoms with Crippen LogP contribution in [0.15, 0.2) is 24.3 Å². The lowest BCUT2D eigenvalue weighted by Gasteiger charge is -2.27. The van der Waals surface area contributed by atoms with Crippen molar-refractivity contribution in [2.75, 3.05) is 13.2 Å². The second kappa shape index (κ2) is 9.10. The minimum atomic E-state index is -1.04. The molecule has 1 aromatic carbocycles. The minimum absolute atomic E-state index is 0.0149. The summed E-state index contributed by atoms with van der Waals surface area (Å²) in [6.45, 7) is 4.27. The van der Waals surface area contributed by atoms with Gasteiger partial charge in [-0.3, -0.25) is 0 Å². The summed E-state index contributed by atoms with van der Waals surface area (Å²) in [5.74, 6) is 0.561. The quantitative estimate of drug-likeness (QED) is 0.528. The number of nitrogens with two attached hydrogens (primary N) is 1. The molecular weight excluding hydrogens is 282 g/mol. The van der Waals surface area contributed by atoms with E-state index in [0.29, 0.717) is 24.2 Å². The molecule has 0 aliphatic rings. The van der Waals surface area contributed by atoms with Crippen molar-refractivity contribution in [3.05, 3.63) is 29.8 Å². The van der Waals surface area contributed by atoms with Gasteiger partial charge in [-0.2, -0.15) is 0 Å². The molecule has 0 amide bonds. The molecule has 22 heavy (non-hydrogen) atoms. The Labute approximate surface area is 132 Å². The first kappa shape index (κ1) is 18.9. The number of benzene rings is 1. The Morgan fingerprint density at radius 2 is 1.82 bits per heavy atom. The number of hydrogen-bond donors (Lipinski definition) is 4. The molecular formula is C17H29NO4. The predicted molar refractivity (Wildman–Crippen MR) is 86.7 cm³/mol. The Morgan fingerprint density at radius 3 is 2.36 bits per heavy atom. The van der Waals surface area contributed by atoms with Gasteiger partial charge in [-0.05, 0) is 30.5 Å². The standard InChI is InChI=1S/C17H29NO4/c1-3-8-17(21,9-4-2)12-22-14-7-5-6-13(10-14)16(20)15(19)11-18/h5-7,10,15-16,19-21H,3-4,8-9,11-12,18H2,1-2H3/t15-,16+/m1/s1. The average Bonchev–Trinajstić information content (AvgIpc) is 2.52. The molecule has 0 unspecified atom stereocenters. The topological polar surface area (TPSA) is 95.9 Å². The van der Waals surface area contributed by atoms with Gasteiger partial charge in [0.15, 0.2) is 0 Å². The van der Waals surface area contributed by atoms with Crippen LogP contribution in [0.1, 0.15) is 51.2 Å². The number of rotatable bonds is 10. The fourth-order valence-electron chi connectivity index (χ4n) is 2.56. The molecule has 0 fully saturated rings. The van der Waals surface area contributed by atoms with Crippen LogP contribution in [-0.2, 0) is 0 Å². The zero-order valence-electron chi connectivity index (χ0n) is 13.5. The molecule has 1 aromatic rings. The maximum Gasteiger partial charge on any atom is 0.119 e. The molecule has 5 heteroatoms. The summed E-state index contributed by atoms with van der Waals surface area (Å²) in [6, 6.07) is 6.89. The van der Waals surface area contributed by atoms with E-state index in [1.807, 2.05) is 13.8 Å². The molecule has 0 spiro atoms. The van der Waals surface area contributed by atoms with Crippen LogP contribution in [0.2, 0.25) is 0 Å². The molecule has 0 saturated heterocycles. The van der Waals surface area contributed by atoms with Crippen molar-refractivity contribution in [3.8, 4) is 5.75 Å². The van der Waals surface area contributed by atoms with E-state index in [0.717, 1.165) is 12.8 Å². The third-order valence-corrected chi connectivity index (χ3v) is 3.74. The van der Waals surface area contributed by atoms with Crippen molar-refractivity contribution in [1.29, 1.82) is 0 Å². The van der Waals surface area contributed by atoms with Gasteiger partial charge in [-0.25, -0.2) is 0 Å². The molecule has 0 radical (unpaired) electrons. The van der Waals surface area contributed by atoms with Crippen molar-refractivity contribution in [2.45, 2.75) is 57.3 Å². The second-order valence-electron chi connectivity index (χ2n) is 5.83. The average molecular weight is 311 g/mol. The highest BCUT2D eigenvalue weighted by Gasteiger charge is 2.26. The summed E-state index contributed by atoms with van der Waals surface area (Å²) in [5, 5.41) is 30.1. The molecule has 0 aliphatic heterocycles. The lowest BCUT2D eigenvalue weighted by atomic mass is 9.94. The molecule has 5 nitrogen and oxygen atoms in total. The molecule has 0 saturated carbocycles. The summed E-state index contributed by atoms with van der Waals surface area (Å²) >= 11 is 0. The van der Waals surface area contributed by atoms with E-state index in [2.05, 4.69) is 0 Å². The summed E-state index contributed by atoms with van der Waals surface area (Å²) in [5.41, 5.74) is 5.08. The van der Waals surface area contributed by atoms with Gasteiger partial charge >= 0.3 is 0 Å². The van der Waals surface area contributed by atoms with Crippen molar-refractivity contribution in [2.24, 2.45) is 5.73 Å². The van der Waals surface area contributed by atoms with Gasteiger partial charge in [0.25, 0.3) is 0 Å². The first-order valence-electron chi connectivity index (χ1n) is 7.97. The van der Waals surface area contributed by atoms with E-state index >= 15 is 0 Å². The number of aliphatic hydroxyl groups is 3. The van der Waals surface area contributed by atoms with Gasteiger partial charge in [-0.15, -0.1) is 0 Å². The number of aliphatic hydroxyl groups excluding tert-OH is 2. The molecule has 126 valence electrons. The van der Waals surface area contributed by atoms with E-state index in [9.17, 15) is 15.3 Å². The van der Waals surface area contributed by atoms with Gasteiger partial charge in [0.2, 0.25) is 0 Å². The number of ether oxygens (including phenoxy) is 1. The molecule has 0 aliphatic carbocycles. The van der Waals surface area contributed by atoms with Crippen LogP contribution >= 0.6 is 0 Å². The van der Waals surface area contributed by atoms with Crippen LogP contribution in [0.25, 0.3) is 0 Å². The fourth-order valence-corrected chi connectivity index (χ4v) is 2.56. The SMILES string of the molecule is CCCC(O)(CCC)COc1cccc([C@H](O)[C@H](O)CN)c1. The highest BCUT2D eigenvalue weighted by Crippen LogP contribution is 2.25. The monoisotopic (exact) mass is 311 g/mol. The second-order valence-corrected chi connectivity index (χ2v) is 5.83. The van der Waals surface area contributed by atoms with E-state index in [1.54, 1.807) is 24.3 Å². The Hall–Kier alpha value is -1.14. The zero-order chi connectivity index (χ0) is 16.6. The van der Waals surface area contributed by atoms with Crippen LogP contribution in [0.3, 0.4) is 0 Å². The normalized spacial score (nSPS) is 14.6. The van der Waals surface area contributed by atoms with Gasteiger partial charge in [-0.1, -0.05) is 38.8 Å². The Bertz CT molecular complexity index is 432. The summed E-state index contributed by atoms with van der Waals surface area (Å²) in [7, 11) is 0. The predicted octanol–water partition coefficient (Wildman–Crippen LogP) is 1.75. The van der Waals surface area contributed by atoms with Crippen molar-refractivity contribution < 1.29 is 20.1 Å². The van der Waals surface area contributed by atoms with Gasteiger partial charge in [0.1, 0.15) is 18.5 Å². The van der Waals surface area contributed by atoms with E-state index in [4.69, 9.17) is 10.5 Å². The van der Waals surface area contributed by atoms with Crippen LogP contribution in [0.4, 0.5) is 0 Å². The van der Waals surface area contributed by atoms with Crippen LogP contribution < -0.4 is 10.5 Å². The summed E-state index contributed by atoms with van der Waals surface area (Å²) < 4.78 is 5.71. The van der Waals surface area contributed by atoms with Crippen molar-refractivity contribution >= 4 is 0 Å². The van der Waals surface area contributed by atoms with Gasteiger partial charge in [0.05, 0.1) is 11.7 Å². The maximum absolute atomic E-state index is 10.5. The minimum Gasteiger partial charge on any atom is -0.491 e. The van der Waals surface area contributed by atoms with Crippen LogP contribution in [0.5, 0.6) is 5.75 Å². The van der Waals surface area contributed by atoms with Crippen LogP contribution in [-0.4, -0.2) is 40.2 Å². The van der Waals surface area contributed by atoms with Gasteiger partial charge < -0.3 is 25.8 Å². The highest BCUT2D eigenvalue weighted by atomic mass is 16.5. The maximum atomic E-state index is 10.5.